The molecule has 2 heteroatoms. The summed E-state index contributed by atoms with van der Waals surface area (Å²) in [7, 11) is 0. The molecule has 0 amide bonds. The van der Waals surface area contributed by atoms with Crippen LogP contribution in [0.25, 0.3) is 0 Å². The van der Waals surface area contributed by atoms with Crippen LogP contribution in [0.4, 0.5) is 0 Å². The minimum absolute atomic E-state index is 0.751. The van der Waals surface area contributed by atoms with Crippen molar-refractivity contribution < 1.29 is 0 Å². The van der Waals surface area contributed by atoms with Crippen LogP contribution >= 0.6 is 0 Å². The van der Waals surface area contributed by atoms with Crippen molar-refractivity contribution >= 4 is 0 Å². The van der Waals surface area contributed by atoms with Gasteiger partial charge in [0.2, 0.25) is 0 Å². The molecular formula is C11H18N2. The number of nitriles is 1. The van der Waals surface area contributed by atoms with Crippen LogP contribution in [-0.4, -0.2) is 24.5 Å². The molecule has 0 aromatic carbocycles. The van der Waals surface area contributed by atoms with E-state index in [0.717, 1.165) is 31.8 Å². The van der Waals surface area contributed by atoms with E-state index in [1.54, 1.807) is 6.08 Å². The van der Waals surface area contributed by atoms with Crippen molar-refractivity contribution in [3.05, 3.63) is 11.6 Å². The van der Waals surface area contributed by atoms with E-state index in [2.05, 4.69) is 24.8 Å². The third-order valence-corrected chi connectivity index (χ3v) is 2.39. The minimum atomic E-state index is 0.751. The van der Waals surface area contributed by atoms with Crippen LogP contribution in [0, 0.1) is 17.2 Å². The molecule has 0 spiro atoms. The number of hydrogen-bond donors (Lipinski definition) is 0. The highest BCUT2D eigenvalue weighted by Gasteiger charge is 2.13. The molecule has 0 atom stereocenters. The lowest BCUT2D eigenvalue weighted by molar-refractivity contribution is 0.229. The molecule has 0 N–H and O–H groups in total. The van der Waals surface area contributed by atoms with Crippen LogP contribution in [-0.2, 0) is 0 Å². The number of allylic oxidation sites excluding steroid dienone is 1. The normalized spacial score (nSPS) is 18.8. The molecular weight excluding hydrogens is 160 g/mol. The lowest BCUT2D eigenvalue weighted by Gasteiger charge is -2.29. The second kappa shape index (κ2) is 5.04. The molecule has 0 saturated carbocycles. The first-order valence-corrected chi connectivity index (χ1v) is 5.02. The minimum Gasteiger partial charge on any atom is -0.302 e. The number of hydrogen-bond acceptors (Lipinski definition) is 2. The molecule has 0 bridgehead atoms. The number of nitrogens with zero attached hydrogens (tertiary/aromatic N) is 2. The van der Waals surface area contributed by atoms with Crippen molar-refractivity contribution in [3.63, 3.8) is 0 Å². The Morgan fingerprint density at radius 2 is 2.08 bits per heavy atom. The highest BCUT2D eigenvalue weighted by Crippen LogP contribution is 2.16. The molecule has 1 fully saturated rings. The largest absolute Gasteiger partial charge is 0.302 e. The summed E-state index contributed by atoms with van der Waals surface area (Å²) in [6.45, 7) is 7.96. The first kappa shape index (κ1) is 10.3. The van der Waals surface area contributed by atoms with E-state index in [9.17, 15) is 0 Å². The zero-order chi connectivity index (χ0) is 9.68. The van der Waals surface area contributed by atoms with E-state index in [0.29, 0.717) is 0 Å². The summed E-state index contributed by atoms with van der Waals surface area (Å²) in [6, 6.07) is 2.11. The molecule has 2 nitrogen and oxygen atoms in total. The Labute approximate surface area is 80.8 Å². The highest BCUT2D eigenvalue weighted by atomic mass is 15.1. The van der Waals surface area contributed by atoms with Crippen LogP contribution in [0.15, 0.2) is 11.6 Å². The fourth-order valence-corrected chi connectivity index (χ4v) is 1.77. The summed E-state index contributed by atoms with van der Waals surface area (Å²) in [5.74, 6) is 0.751. The van der Waals surface area contributed by atoms with Crippen LogP contribution in [0.5, 0.6) is 0 Å². The van der Waals surface area contributed by atoms with Crippen LogP contribution < -0.4 is 0 Å². The predicted octanol–water partition coefficient (Wildman–Crippen LogP) is 2.19. The summed E-state index contributed by atoms with van der Waals surface area (Å²) in [6.07, 6.45) is 3.88. The monoisotopic (exact) mass is 178 g/mol. The second-order valence-corrected chi connectivity index (χ2v) is 4.13. The Hall–Kier alpha value is -0.810. The average Bonchev–Trinajstić information content (AvgIpc) is 2.08. The molecule has 1 aliphatic heterocycles. The highest BCUT2D eigenvalue weighted by molar-refractivity contribution is 5.15. The maximum Gasteiger partial charge on any atom is 0.0911 e. The summed E-state index contributed by atoms with van der Waals surface area (Å²) >= 11 is 0. The van der Waals surface area contributed by atoms with Crippen LogP contribution in [0.1, 0.15) is 26.7 Å². The van der Waals surface area contributed by atoms with Crippen molar-refractivity contribution in [3.8, 4) is 6.07 Å². The average molecular weight is 178 g/mol. The number of piperidine rings is 1. The van der Waals surface area contributed by atoms with Gasteiger partial charge in [0.25, 0.3) is 0 Å². The maximum absolute atomic E-state index is 8.49. The van der Waals surface area contributed by atoms with Crippen molar-refractivity contribution in [2.45, 2.75) is 26.7 Å². The first-order chi connectivity index (χ1) is 6.22. The van der Waals surface area contributed by atoms with E-state index < -0.39 is 0 Å². The first-order valence-electron chi connectivity index (χ1n) is 5.02. The molecule has 1 rings (SSSR count). The Bertz CT molecular complexity index is 213. The van der Waals surface area contributed by atoms with Crippen molar-refractivity contribution in [1.29, 1.82) is 5.26 Å². The van der Waals surface area contributed by atoms with Crippen molar-refractivity contribution in [2.75, 3.05) is 19.6 Å². The Kier molecular flexibility index (Phi) is 3.98. The lowest BCUT2D eigenvalue weighted by Crippen LogP contribution is -2.33. The van der Waals surface area contributed by atoms with Gasteiger partial charge in [-0.1, -0.05) is 19.4 Å². The third-order valence-electron chi connectivity index (χ3n) is 2.39. The lowest BCUT2D eigenvalue weighted by atomic mass is 10.0. The standard InChI is InChI=1S/C11H18N2/c1-10(2)9-13-7-4-11(3-6-12)5-8-13/h3,10H,4-5,7-9H2,1-2H3. The van der Waals surface area contributed by atoms with Gasteiger partial charge in [-0.05, 0) is 18.8 Å². The van der Waals surface area contributed by atoms with Gasteiger partial charge in [0.05, 0.1) is 6.07 Å². The summed E-state index contributed by atoms with van der Waals surface area (Å²) < 4.78 is 0. The quantitative estimate of drug-likeness (QED) is 0.606. The van der Waals surface area contributed by atoms with Gasteiger partial charge >= 0.3 is 0 Å². The molecule has 0 radical (unpaired) electrons. The van der Waals surface area contributed by atoms with Gasteiger partial charge in [-0.25, -0.2) is 0 Å². The van der Waals surface area contributed by atoms with Gasteiger partial charge in [0.1, 0.15) is 0 Å². The van der Waals surface area contributed by atoms with Gasteiger partial charge in [-0.3, -0.25) is 0 Å². The van der Waals surface area contributed by atoms with Crippen LogP contribution in [0.3, 0.4) is 0 Å². The zero-order valence-electron chi connectivity index (χ0n) is 8.58. The van der Waals surface area contributed by atoms with Crippen molar-refractivity contribution in [2.24, 2.45) is 5.92 Å². The second-order valence-electron chi connectivity index (χ2n) is 4.13. The predicted molar refractivity (Wildman–Crippen MR) is 54.2 cm³/mol. The molecule has 0 aliphatic carbocycles. The summed E-state index contributed by atoms with van der Waals surface area (Å²) in [5.41, 5.74) is 1.32. The van der Waals surface area contributed by atoms with Crippen molar-refractivity contribution in [1.82, 2.24) is 4.90 Å². The molecule has 72 valence electrons. The maximum atomic E-state index is 8.49. The Morgan fingerprint density at radius 3 is 2.54 bits per heavy atom. The zero-order valence-corrected chi connectivity index (χ0v) is 8.58. The molecule has 1 saturated heterocycles. The van der Waals surface area contributed by atoms with Gasteiger partial charge < -0.3 is 4.90 Å². The molecule has 0 aromatic rings. The topological polar surface area (TPSA) is 27.0 Å². The Morgan fingerprint density at radius 1 is 1.46 bits per heavy atom. The van der Waals surface area contributed by atoms with Gasteiger partial charge in [-0.15, -0.1) is 0 Å². The molecule has 1 heterocycles. The third kappa shape index (κ3) is 3.61. The summed E-state index contributed by atoms with van der Waals surface area (Å²) in [5, 5.41) is 8.49. The molecule has 13 heavy (non-hydrogen) atoms. The van der Waals surface area contributed by atoms with Crippen LogP contribution in [0.2, 0.25) is 0 Å². The van der Waals surface area contributed by atoms with E-state index >= 15 is 0 Å². The molecule has 0 aromatic heterocycles. The van der Waals surface area contributed by atoms with E-state index in [1.807, 2.05) is 0 Å². The van der Waals surface area contributed by atoms with Gasteiger partial charge in [0.15, 0.2) is 0 Å². The number of likely N-dealkylation sites (tertiary alicyclic amines) is 1. The van der Waals surface area contributed by atoms with E-state index in [4.69, 9.17) is 5.26 Å². The fraction of sp³-hybridized carbons (Fsp3) is 0.727. The SMILES string of the molecule is CC(C)CN1CCC(=CC#N)CC1. The number of rotatable bonds is 2. The van der Waals surface area contributed by atoms with E-state index in [-0.39, 0.29) is 0 Å². The molecule has 0 unspecified atom stereocenters. The molecule has 1 aliphatic rings. The Balaban J connectivity index is 2.31. The van der Waals surface area contributed by atoms with E-state index in [1.165, 1.54) is 12.1 Å². The summed E-state index contributed by atoms with van der Waals surface area (Å²) in [4.78, 5) is 2.49. The smallest absolute Gasteiger partial charge is 0.0911 e. The van der Waals surface area contributed by atoms with Gasteiger partial charge in [0, 0.05) is 25.7 Å². The van der Waals surface area contributed by atoms with Gasteiger partial charge in [-0.2, -0.15) is 5.26 Å². The fourth-order valence-electron chi connectivity index (χ4n) is 1.77.